The van der Waals surface area contributed by atoms with Crippen LogP contribution in [0, 0.1) is 0 Å². The van der Waals surface area contributed by atoms with Crippen LogP contribution in [0.5, 0.6) is 0 Å². The summed E-state index contributed by atoms with van der Waals surface area (Å²) in [5.74, 6) is 0.167. The molecule has 7 heavy (non-hydrogen) atoms. The number of rotatable bonds is 0. The van der Waals surface area contributed by atoms with Crippen molar-refractivity contribution in [3.63, 3.8) is 0 Å². The summed E-state index contributed by atoms with van der Waals surface area (Å²) in [7, 11) is 0. The smallest absolute Gasteiger partial charge is 1.00 e. The van der Waals surface area contributed by atoms with Crippen LogP contribution in [-0.2, 0) is 4.79 Å². The topological polar surface area (TPSA) is 17.1 Å². The van der Waals surface area contributed by atoms with E-state index in [-0.39, 0.29) is 46.4 Å². The second-order valence-corrected chi connectivity index (χ2v) is 0.908. The van der Waals surface area contributed by atoms with Crippen molar-refractivity contribution in [2.45, 2.75) is 13.8 Å². The number of ketones is 1. The van der Waals surface area contributed by atoms with Crippen LogP contribution in [-0.4, -0.2) is 43.5 Å². The van der Waals surface area contributed by atoms with Gasteiger partial charge in [-0.15, -0.1) is 13.2 Å². The van der Waals surface area contributed by atoms with Crippen molar-refractivity contribution in [3.05, 3.63) is 13.2 Å². The van der Waals surface area contributed by atoms with E-state index < -0.39 is 0 Å². The summed E-state index contributed by atoms with van der Waals surface area (Å²) in [6.45, 7) is 9.06. The third kappa shape index (κ3) is 324. The SMILES string of the molecule is C=C.CC(C)=O.[Ca+2].[H-].[H-]. The van der Waals surface area contributed by atoms with Crippen molar-refractivity contribution in [1.82, 2.24) is 0 Å². The molecule has 40 valence electrons. The average molecular weight is 128 g/mol. The molecule has 0 aromatic rings. The van der Waals surface area contributed by atoms with E-state index in [1.54, 1.807) is 0 Å². The molecule has 0 fully saturated rings. The molecule has 0 atom stereocenters. The molecule has 0 radical (unpaired) electrons. The molecule has 0 saturated heterocycles. The van der Waals surface area contributed by atoms with Gasteiger partial charge in [-0.1, -0.05) is 0 Å². The Balaban J connectivity index is -0.00000000990. The Hall–Kier alpha value is 0.670. The van der Waals surface area contributed by atoms with Crippen molar-refractivity contribution >= 4 is 43.5 Å². The third-order valence-corrected chi connectivity index (χ3v) is 0. The molecule has 0 aliphatic heterocycles. The first kappa shape index (κ1) is 15.6. The fraction of sp³-hybridized carbons (Fsp3) is 0.400. The summed E-state index contributed by atoms with van der Waals surface area (Å²) in [5, 5.41) is 0. The zero-order valence-corrected chi connectivity index (χ0v) is 7.24. The zero-order valence-electron chi connectivity index (χ0n) is 7.03. The molecule has 0 spiro atoms. The maximum atomic E-state index is 9.44. The maximum absolute atomic E-state index is 9.44. The van der Waals surface area contributed by atoms with Gasteiger partial charge < -0.3 is 7.65 Å². The van der Waals surface area contributed by atoms with Crippen molar-refractivity contribution in [2.24, 2.45) is 0 Å². The molecule has 0 aliphatic rings. The summed E-state index contributed by atoms with van der Waals surface area (Å²) in [6.07, 6.45) is 0. The van der Waals surface area contributed by atoms with E-state index in [2.05, 4.69) is 13.2 Å². The van der Waals surface area contributed by atoms with Crippen LogP contribution in [0.2, 0.25) is 0 Å². The molecule has 0 bridgehead atoms. The van der Waals surface area contributed by atoms with Gasteiger partial charge in [0.1, 0.15) is 5.78 Å². The van der Waals surface area contributed by atoms with Gasteiger partial charge >= 0.3 is 37.7 Å². The number of hydrogen-bond donors (Lipinski definition) is 0. The molecule has 0 unspecified atom stereocenters. The summed E-state index contributed by atoms with van der Waals surface area (Å²) in [4.78, 5) is 9.44. The summed E-state index contributed by atoms with van der Waals surface area (Å²) in [5.41, 5.74) is 0. The quantitative estimate of drug-likeness (QED) is 0.354. The van der Waals surface area contributed by atoms with Crippen LogP contribution in [0.1, 0.15) is 16.7 Å². The van der Waals surface area contributed by atoms with E-state index in [1.165, 1.54) is 13.8 Å². The largest absolute Gasteiger partial charge is 2.00 e. The maximum Gasteiger partial charge on any atom is 2.00 e. The van der Waals surface area contributed by atoms with Gasteiger partial charge in [0.15, 0.2) is 0 Å². The standard InChI is InChI=1S/C3H6O.C2H4.Ca.2H/c1-3(2)4;1-2;;;/h1-2H3;1-2H2;;;/q;;+2;2*-1. The molecule has 0 saturated carbocycles. The van der Waals surface area contributed by atoms with E-state index in [4.69, 9.17) is 0 Å². The zero-order chi connectivity index (χ0) is 5.58. The molecule has 1 nitrogen and oxygen atoms in total. The fourth-order valence-electron chi connectivity index (χ4n) is 0. The minimum Gasteiger partial charge on any atom is -1.00 e. The number of hydrogen-bond acceptors (Lipinski definition) is 1. The summed E-state index contributed by atoms with van der Waals surface area (Å²) < 4.78 is 0. The summed E-state index contributed by atoms with van der Waals surface area (Å²) in [6, 6.07) is 0. The Morgan fingerprint density at radius 1 is 1.43 bits per heavy atom. The van der Waals surface area contributed by atoms with Crippen molar-refractivity contribution in [1.29, 1.82) is 0 Å². The summed E-state index contributed by atoms with van der Waals surface area (Å²) >= 11 is 0. The van der Waals surface area contributed by atoms with Gasteiger partial charge in [-0.2, -0.15) is 0 Å². The molecular weight excluding hydrogens is 116 g/mol. The minimum absolute atomic E-state index is 0. The molecule has 0 amide bonds. The molecular formula is C5H12CaO. The normalized spacial score (nSPS) is 4.29. The minimum atomic E-state index is 0. The van der Waals surface area contributed by atoms with Crippen LogP contribution in [0.25, 0.3) is 0 Å². The Bertz CT molecular complexity index is 46.2. The molecule has 0 heterocycles. The Morgan fingerprint density at radius 2 is 1.43 bits per heavy atom. The van der Waals surface area contributed by atoms with Crippen molar-refractivity contribution in [2.75, 3.05) is 0 Å². The molecule has 2 heteroatoms. The van der Waals surface area contributed by atoms with E-state index in [9.17, 15) is 4.79 Å². The second kappa shape index (κ2) is 15.9. The molecule has 0 aromatic carbocycles. The van der Waals surface area contributed by atoms with Crippen molar-refractivity contribution < 1.29 is 7.65 Å². The Kier molecular flexibility index (Phi) is 35.6. The van der Waals surface area contributed by atoms with Gasteiger partial charge in [0, 0.05) is 0 Å². The second-order valence-electron chi connectivity index (χ2n) is 0.908. The van der Waals surface area contributed by atoms with E-state index >= 15 is 0 Å². The first-order valence-electron chi connectivity index (χ1n) is 1.70. The van der Waals surface area contributed by atoms with Gasteiger partial charge in [-0.25, -0.2) is 0 Å². The number of carbonyl (C=O) groups excluding carboxylic acids is 1. The van der Waals surface area contributed by atoms with Gasteiger partial charge in [0.2, 0.25) is 0 Å². The number of Topliss-reactive ketones (excluding diaryl/α,β-unsaturated/α-hetero) is 1. The predicted molar refractivity (Wildman–Crippen MR) is 35.6 cm³/mol. The molecule has 0 rings (SSSR count). The van der Waals surface area contributed by atoms with E-state index in [1.807, 2.05) is 0 Å². The molecule has 0 aromatic heterocycles. The van der Waals surface area contributed by atoms with Gasteiger partial charge in [0.05, 0.1) is 0 Å². The first-order chi connectivity index (χ1) is 2.73. The average Bonchev–Trinajstić information content (AvgIpc) is 1.41. The fourth-order valence-corrected chi connectivity index (χ4v) is 0. The number of carbonyl (C=O) groups is 1. The van der Waals surface area contributed by atoms with Gasteiger partial charge in [-0.05, 0) is 13.8 Å². The predicted octanol–water partition coefficient (Wildman–Crippen LogP) is 1.24. The Labute approximate surface area is 77.8 Å². The van der Waals surface area contributed by atoms with E-state index in [0.717, 1.165) is 0 Å². The van der Waals surface area contributed by atoms with Crippen molar-refractivity contribution in [3.8, 4) is 0 Å². The van der Waals surface area contributed by atoms with Crippen LogP contribution >= 0.6 is 0 Å². The third-order valence-electron chi connectivity index (χ3n) is 0. The molecule has 0 aliphatic carbocycles. The van der Waals surface area contributed by atoms with Crippen LogP contribution in [0.4, 0.5) is 0 Å². The van der Waals surface area contributed by atoms with Gasteiger partial charge in [0.25, 0.3) is 0 Å². The first-order valence-corrected chi connectivity index (χ1v) is 1.70. The Morgan fingerprint density at radius 3 is 1.43 bits per heavy atom. The monoisotopic (exact) mass is 128 g/mol. The van der Waals surface area contributed by atoms with Crippen LogP contribution in [0.3, 0.4) is 0 Å². The van der Waals surface area contributed by atoms with Crippen LogP contribution in [0.15, 0.2) is 13.2 Å². The van der Waals surface area contributed by atoms with Crippen LogP contribution < -0.4 is 0 Å². The molecule has 0 N–H and O–H groups in total. The van der Waals surface area contributed by atoms with Gasteiger partial charge in [-0.3, -0.25) is 0 Å². The van der Waals surface area contributed by atoms with E-state index in [0.29, 0.717) is 0 Å².